The van der Waals surface area contributed by atoms with Crippen molar-refractivity contribution < 1.29 is 4.74 Å². The van der Waals surface area contributed by atoms with E-state index in [2.05, 4.69) is 9.97 Å². The third kappa shape index (κ3) is 3.30. The van der Waals surface area contributed by atoms with E-state index in [1.807, 2.05) is 19.1 Å². The highest BCUT2D eigenvalue weighted by molar-refractivity contribution is 6.42. The number of halogens is 3. The van der Waals surface area contributed by atoms with Gasteiger partial charge in [-0.2, -0.15) is 9.97 Å². The molecule has 2 aromatic rings. The minimum absolute atomic E-state index is 0.255. The summed E-state index contributed by atoms with van der Waals surface area (Å²) in [6.07, 6.45) is 0.585. The lowest BCUT2D eigenvalue weighted by Gasteiger charge is -2.09. The maximum atomic E-state index is 6.04. The van der Waals surface area contributed by atoms with Crippen LogP contribution in [0.3, 0.4) is 0 Å². The average molecular weight is 318 g/mol. The molecule has 0 atom stereocenters. The standard InChI is InChI=1S/C13H11Cl3N2O/c1-7-11(17-13(19-2)18-12(7)16)6-8-3-4-9(14)10(15)5-8/h3-5H,6H2,1-2H3. The number of nitrogens with zero attached hydrogens (tertiary/aromatic N) is 2. The van der Waals surface area contributed by atoms with Crippen LogP contribution in [0, 0.1) is 6.92 Å². The molecule has 0 N–H and O–H groups in total. The molecule has 0 saturated carbocycles. The molecule has 1 aromatic carbocycles. The van der Waals surface area contributed by atoms with E-state index in [-0.39, 0.29) is 6.01 Å². The molecule has 0 aliphatic rings. The predicted octanol–water partition coefficient (Wildman–Crippen LogP) is 4.34. The molecule has 0 unspecified atom stereocenters. The van der Waals surface area contributed by atoms with Crippen LogP contribution in [-0.4, -0.2) is 17.1 Å². The second-order valence-corrected chi connectivity index (χ2v) is 5.17. The maximum absolute atomic E-state index is 6.04. The summed E-state index contributed by atoms with van der Waals surface area (Å²) < 4.78 is 5.02. The van der Waals surface area contributed by atoms with Gasteiger partial charge in [0.1, 0.15) is 5.15 Å². The first kappa shape index (κ1) is 14.4. The van der Waals surface area contributed by atoms with Crippen LogP contribution in [-0.2, 0) is 6.42 Å². The fourth-order valence-corrected chi connectivity index (χ4v) is 2.12. The SMILES string of the molecule is COc1nc(Cl)c(C)c(Cc2ccc(Cl)c(Cl)c2)n1. The van der Waals surface area contributed by atoms with Gasteiger partial charge >= 0.3 is 6.01 Å². The number of ether oxygens (including phenoxy) is 1. The number of rotatable bonds is 3. The summed E-state index contributed by atoms with van der Waals surface area (Å²) in [4.78, 5) is 8.32. The molecule has 1 heterocycles. The number of methoxy groups -OCH3 is 1. The van der Waals surface area contributed by atoms with Crippen LogP contribution >= 0.6 is 34.8 Å². The Kier molecular flexibility index (Phi) is 4.50. The van der Waals surface area contributed by atoms with E-state index in [1.54, 1.807) is 6.07 Å². The van der Waals surface area contributed by atoms with Crippen molar-refractivity contribution in [1.82, 2.24) is 9.97 Å². The summed E-state index contributed by atoms with van der Waals surface area (Å²) in [6.45, 7) is 1.87. The largest absolute Gasteiger partial charge is 0.467 e. The average Bonchev–Trinajstić information content (AvgIpc) is 2.39. The molecule has 1 aromatic heterocycles. The van der Waals surface area contributed by atoms with Gasteiger partial charge in [0, 0.05) is 12.0 Å². The Labute approximate surface area is 126 Å². The van der Waals surface area contributed by atoms with Crippen LogP contribution in [0.2, 0.25) is 15.2 Å². The molecule has 6 heteroatoms. The van der Waals surface area contributed by atoms with E-state index >= 15 is 0 Å². The minimum Gasteiger partial charge on any atom is -0.467 e. The van der Waals surface area contributed by atoms with E-state index < -0.39 is 0 Å². The maximum Gasteiger partial charge on any atom is 0.317 e. The van der Waals surface area contributed by atoms with Crippen LogP contribution in [0.4, 0.5) is 0 Å². The summed E-state index contributed by atoms with van der Waals surface area (Å²) in [6, 6.07) is 5.72. The smallest absolute Gasteiger partial charge is 0.317 e. The Morgan fingerprint density at radius 1 is 1.11 bits per heavy atom. The van der Waals surface area contributed by atoms with Crippen molar-refractivity contribution in [1.29, 1.82) is 0 Å². The molecule has 0 amide bonds. The van der Waals surface area contributed by atoms with Gasteiger partial charge in [0.25, 0.3) is 0 Å². The Balaban J connectivity index is 2.37. The Morgan fingerprint density at radius 2 is 1.84 bits per heavy atom. The molecule has 0 radical (unpaired) electrons. The first-order chi connectivity index (χ1) is 9.01. The zero-order valence-electron chi connectivity index (χ0n) is 10.4. The monoisotopic (exact) mass is 316 g/mol. The Hall–Kier alpha value is -1.03. The lowest BCUT2D eigenvalue weighted by Crippen LogP contribution is -2.02. The third-order valence-electron chi connectivity index (χ3n) is 2.70. The molecule has 0 spiro atoms. The van der Waals surface area contributed by atoms with E-state index in [0.29, 0.717) is 21.6 Å². The Morgan fingerprint density at radius 3 is 2.47 bits per heavy atom. The summed E-state index contributed by atoms with van der Waals surface area (Å²) in [5.74, 6) is 0. The van der Waals surface area contributed by atoms with Crippen molar-refractivity contribution in [3.8, 4) is 6.01 Å². The quantitative estimate of drug-likeness (QED) is 0.790. The van der Waals surface area contributed by atoms with Crippen molar-refractivity contribution in [2.45, 2.75) is 13.3 Å². The number of benzene rings is 1. The van der Waals surface area contributed by atoms with Gasteiger partial charge in [0.15, 0.2) is 0 Å². The summed E-state index contributed by atoms with van der Waals surface area (Å²) in [7, 11) is 1.50. The van der Waals surface area contributed by atoms with Gasteiger partial charge in [-0.15, -0.1) is 0 Å². The normalized spacial score (nSPS) is 10.6. The van der Waals surface area contributed by atoms with Crippen LogP contribution in [0.5, 0.6) is 6.01 Å². The van der Waals surface area contributed by atoms with Gasteiger partial charge < -0.3 is 4.74 Å². The summed E-state index contributed by atoms with van der Waals surface area (Å²) >= 11 is 17.9. The van der Waals surface area contributed by atoms with Gasteiger partial charge in [-0.3, -0.25) is 0 Å². The number of hydrogen-bond donors (Lipinski definition) is 0. The second-order valence-electron chi connectivity index (χ2n) is 4.00. The zero-order valence-corrected chi connectivity index (χ0v) is 12.6. The lowest BCUT2D eigenvalue weighted by atomic mass is 10.1. The second kappa shape index (κ2) is 5.95. The topological polar surface area (TPSA) is 35.0 Å². The minimum atomic E-state index is 0.255. The molecule has 0 aliphatic carbocycles. The van der Waals surface area contributed by atoms with Crippen LogP contribution in [0.25, 0.3) is 0 Å². The first-order valence-electron chi connectivity index (χ1n) is 5.52. The number of aromatic nitrogens is 2. The van der Waals surface area contributed by atoms with E-state index in [1.165, 1.54) is 7.11 Å². The molecule has 0 saturated heterocycles. The van der Waals surface area contributed by atoms with Crippen LogP contribution in [0.15, 0.2) is 18.2 Å². The Bertz CT molecular complexity index is 617. The van der Waals surface area contributed by atoms with Gasteiger partial charge in [-0.1, -0.05) is 40.9 Å². The lowest BCUT2D eigenvalue weighted by molar-refractivity contribution is 0.378. The molecular weight excluding hydrogens is 307 g/mol. The summed E-state index contributed by atoms with van der Waals surface area (Å²) in [5, 5.41) is 1.44. The highest BCUT2D eigenvalue weighted by Crippen LogP contribution is 2.25. The molecule has 2 rings (SSSR count). The van der Waals surface area contributed by atoms with Crippen LogP contribution in [0.1, 0.15) is 16.8 Å². The van der Waals surface area contributed by atoms with E-state index in [0.717, 1.165) is 16.8 Å². The van der Waals surface area contributed by atoms with Gasteiger partial charge in [0.05, 0.1) is 22.8 Å². The first-order valence-corrected chi connectivity index (χ1v) is 6.65. The molecule has 100 valence electrons. The van der Waals surface area contributed by atoms with Crippen LogP contribution < -0.4 is 4.74 Å². The predicted molar refractivity (Wildman–Crippen MR) is 77.6 cm³/mol. The molecule has 0 aliphatic heterocycles. The highest BCUT2D eigenvalue weighted by atomic mass is 35.5. The molecule has 19 heavy (non-hydrogen) atoms. The van der Waals surface area contributed by atoms with Crippen molar-refractivity contribution >= 4 is 34.8 Å². The highest BCUT2D eigenvalue weighted by Gasteiger charge is 2.11. The van der Waals surface area contributed by atoms with Gasteiger partial charge in [-0.25, -0.2) is 0 Å². The molecule has 0 bridgehead atoms. The fraction of sp³-hybridized carbons (Fsp3) is 0.231. The number of hydrogen-bond acceptors (Lipinski definition) is 3. The van der Waals surface area contributed by atoms with Crippen molar-refractivity contribution in [3.63, 3.8) is 0 Å². The van der Waals surface area contributed by atoms with E-state index in [9.17, 15) is 0 Å². The molecule has 0 fully saturated rings. The van der Waals surface area contributed by atoms with Gasteiger partial charge in [-0.05, 0) is 24.6 Å². The fourth-order valence-electron chi connectivity index (χ4n) is 1.62. The van der Waals surface area contributed by atoms with E-state index in [4.69, 9.17) is 39.5 Å². The molecule has 3 nitrogen and oxygen atoms in total. The third-order valence-corrected chi connectivity index (χ3v) is 3.81. The van der Waals surface area contributed by atoms with Gasteiger partial charge in [0.2, 0.25) is 0 Å². The summed E-state index contributed by atoms with van der Waals surface area (Å²) in [5.41, 5.74) is 2.62. The van der Waals surface area contributed by atoms with Crippen molar-refractivity contribution in [3.05, 3.63) is 50.2 Å². The van der Waals surface area contributed by atoms with Crippen molar-refractivity contribution in [2.24, 2.45) is 0 Å². The van der Waals surface area contributed by atoms with Crippen molar-refractivity contribution in [2.75, 3.05) is 7.11 Å². The zero-order chi connectivity index (χ0) is 14.0. The molecular formula is C13H11Cl3N2O.